The molecular weight excluding hydrogens is 479 g/mol. The van der Waals surface area contributed by atoms with Crippen LogP contribution in [0.15, 0.2) is 70.2 Å². The molecule has 0 saturated carbocycles. The van der Waals surface area contributed by atoms with Crippen molar-refractivity contribution in [2.75, 3.05) is 0 Å². The number of hydrazone groups is 1. The van der Waals surface area contributed by atoms with Crippen LogP contribution in [0.4, 0.5) is 0 Å². The molecule has 0 aliphatic heterocycles. The molecule has 3 aromatic carbocycles. The van der Waals surface area contributed by atoms with Crippen LogP contribution in [0.1, 0.15) is 21.5 Å². The summed E-state index contributed by atoms with van der Waals surface area (Å²) in [5.74, 6) is 0.270. The molecule has 0 spiro atoms. The number of phenolic OH excluding ortho intramolecular Hbond substituents is 1. The van der Waals surface area contributed by atoms with Crippen molar-refractivity contribution in [3.63, 3.8) is 0 Å². The maximum absolute atomic E-state index is 12.2. The number of ether oxygens (including phenoxy) is 1. The van der Waals surface area contributed by atoms with Crippen LogP contribution >= 0.6 is 39.1 Å². The smallest absolute Gasteiger partial charge is 0.271 e. The topological polar surface area (TPSA) is 70.9 Å². The molecule has 8 heteroatoms. The lowest BCUT2D eigenvalue weighted by molar-refractivity contribution is 0.0955. The maximum atomic E-state index is 12.2. The zero-order chi connectivity index (χ0) is 20.8. The van der Waals surface area contributed by atoms with Crippen molar-refractivity contribution >= 4 is 51.3 Å². The number of hydrogen-bond acceptors (Lipinski definition) is 4. The molecule has 0 bridgehead atoms. The number of nitrogens with zero attached hydrogens (tertiary/aromatic N) is 1. The van der Waals surface area contributed by atoms with Crippen LogP contribution in [-0.4, -0.2) is 17.2 Å². The Labute approximate surface area is 186 Å². The average Bonchev–Trinajstić information content (AvgIpc) is 2.70. The van der Waals surface area contributed by atoms with Crippen molar-refractivity contribution in [2.45, 2.75) is 6.61 Å². The fourth-order valence-electron chi connectivity index (χ4n) is 2.36. The highest BCUT2D eigenvalue weighted by Crippen LogP contribution is 2.23. The summed E-state index contributed by atoms with van der Waals surface area (Å²) in [4.78, 5) is 12.2. The predicted octanol–water partition coefficient (Wildman–Crippen LogP) is 5.80. The molecule has 2 N–H and O–H groups in total. The van der Waals surface area contributed by atoms with Crippen LogP contribution in [-0.2, 0) is 6.61 Å². The number of nitrogens with one attached hydrogen (secondary N) is 1. The number of amides is 1. The molecule has 0 aliphatic rings. The van der Waals surface area contributed by atoms with Crippen LogP contribution in [0, 0.1) is 0 Å². The number of rotatable bonds is 6. The van der Waals surface area contributed by atoms with Gasteiger partial charge < -0.3 is 9.84 Å². The van der Waals surface area contributed by atoms with E-state index in [1.54, 1.807) is 54.6 Å². The summed E-state index contributed by atoms with van der Waals surface area (Å²) in [5, 5.41) is 14.7. The highest BCUT2D eigenvalue weighted by Gasteiger charge is 2.06. The molecule has 3 rings (SSSR count). The first-order valence-electron chi connectivity index (χ1n) is 8.41. The third-order valence-corrected chi connectivity index (χ3v) is 4.97. The predicted molar refractivity (Wildman–Crippen MR) is 118 cm³/mol. The van der Waals surface area contributed by atoms with Crippen LogP contribution in [0.3, 0.4) is 0 Å². The van der Waals surface area contributed by atoms with Crippen LogP contribution < -0.4 is 10.2 Å². The number of benzene rings is 3. The van der Waals surface area contributed by atoms with Gasteiger partial charge in [-0.2, -0.15) is 5.10 Å². The van der Waals surface area contributed by atoms with Crippen molar-refractivity contribution in [1.29, 1.82) is 0 Å². The van der Waals surface area contributed by atoms with Gasteiger partial charge in [-0.15, -0.1) is 0 Å². The van der Waals surface area contributed by atoms with E-state index >= 15 is 0 Å². The summed E-state index contributed by atoms with van der Waals surface area (Å²) in [5.41, 5.74) is 4.12. The zero-order valence-corrected chi connectivity index (χ0v) is 18.0. The van der Waals surface area contributed by atoms with Gasteiger partial charge in [0.1, 0.15) is 18.1 Å². The molecule has 0 saturated heterocycles. The van der Waals surface area contributed by atoms with E-state index in [9.17, 15) is 9.90 Å². The van der Waals surface area contributed by atoms with E-state index < -0.39 is 0 Å². The summed E-state index contributed by atoms with van der Waals surface area (Å²) in [6.45, 7) is 0.280. The van der Waals surface area contributed by atoms with Gasteiger partial charge in [-0.3, -0.25) is 4.79 Å². The van der Waals surface area contributed by atoms with E-state index in [0.717, 1.165) is 10.0 Å². The fourth-order valence-corrected chi connectivity index (χ4v) is 3.20. The highest BCUT2D eigenvalue weighted by molar-refractivity contribution is 9.10. The number of phenols is 1. The molecule has 0 unspecified atom stereocenters. The van der Waals surface area contributed by atoms with E-state index in [0.29, 0.717) is 26.9 Å². The number of carbonyl (C=O) groups excluding carboxylic acids is 1. The molecule has 0 aromatic heterocycles. The Hall–Kier alpha value is -2.54. The third-order valence-electron chi connectivity index (χ3n) is 3.89. The molecule has 0 aliphatic carbocycles. The SMILES string of the molecule is O=C(N/N=C\c1cc(Br)ccc1O)c1ccc(OCc2ccc(Cl)cc2Cl)cc1. The van der Waals surface area contributed by atoms with Gasteiger partial charge in [-0.05, 0) is 54.6 Å². The van der Waals surface area contributed by atoms with Crippen molar-refractivity contribution in [1.82, 2.24) is 5.43 Å². The van der Waals surface area contributed by atoms with Gasteiger partial charge in [-0.1, -0.05) is 45.2 Å². The van der Waals surface area contributed by atoms with Crippen molar-refractivity contribution in [3.05, 3.63) is 91.9 Å². The molecule has 1 amide bonds. The van der Waals surface area contributed by atoms with E-state index in [1.807, 2.05) is 0 Å². The summed E-state index contributed by atoms with van der Waals surface area (Å²) >= 11 is 15.3. The molecule has 3 aromatic rings. The van der Waals surface area contributed by atoms with Gasteiger partial charge in [0.15, 0.2) is 0 Å². The monoisotopic (exact) mass is 492 g/mol. The first-order chi connectivity index (χ1) is 13.9. The van der Waals surface area contributed by atoms with E-state index in [1.165, 1.54) is 12.3 Å². The molecule has 0 fully saturated rings. The molecule has 0 heterocycles. The normalized spacial score (nSPS) is 10.9. The Morgan fingerprint density at radius 2 is 1.86 bits per heavy atom. The molecular formula is C21H15BrCl2N2O3. The Balaban J connectivity index is 1.57. The van der Waals surface area contributed by atoms with E-state index in [4.69, 9.17) is 27.9 Å². The lowest BCUT2D eigenvalue weighted by Crippen LogP contribution is -2.17. The Kier molecular flexibility index (Phi) is 7.14. The van der Waals surface area contributed by atoms with Gasteiger partial charge in [0.2, 0.25) is 0 Å². The van der Waals surface area contributed by atoms with Gasteiger partial charge in [0.25, 0.3) is 5.91 Å². The second-order valence-electron chi connectivity index (χ2n) is 5.95. The standard InChI is InChI=1S/C21H15BrCl2N2O3/c22-16-4-8-20(27)15(9-16)11-25-26-21(28)13-2-6-18(7-3-13)29-12-14-1-5-17(23)10-19(14)24/h1-11,27H,12H2,(H,26,28)/b25-11-. The fraction of sp³-hybridized carbons (Fsp3) is 0.0476. The Morgan fingerprint density at radius 1 is 1.10 bits per heavy atom. The number of hydrogen-bond donors (Lipinski definition) is 2. The average molecular weight is 494 g/mol. The van der Waals surface area contributed by atoms with E-state index in [-0.39, 0.29) is 18.3 Å². The van der Waals surface area contributed by atoms with Crippen LogP contribution in [0.5, 0.6) is 11.5 Å². The third kappa shape index (κ3) is 5.97. The molecule has 0 atom stereocenters. The molecule has 29 heavy (non-hydrogen) atoms. The van der Waals surface area contributed by atoms with Crippen LogP contribution in [0.2, 0.25) is 10.0 Å². The quantitative estimate of drug-likeness (QED) is 0.336. The second-order valence-corrected chi connectivity index (χ2v) is 7.71. The van der Waals surface area contributed by atoms with Gasteiger partial charge in [-0.25, -0.2) is 5.43 Å². The van der Waals surface area contributed by atoms with Crippen molar-refractivity contribution in [3.8, 4) is 11.5 Å². The summed E-state index contributed by atoms with van der Waals surface area (Å²) < 4.78 is 6.48. The van der Waals surface area contributed by atoms with E-state index in [2.05, 4.69) is 26.5 Å². The lowest BCUT2D eigenvalue weighted by atomic mass is 10.2. The summed E-state index contributed by atoms with van der Waals surface area (Å²) in [7, 11) is 0. The van der Waals surface area contributed by atoms with Crippen LogP contribution in [0.25, 0.3) is 0 Å². The van der Waals surface area contributed by atoms with Crippen molar-refractivity contribution in [2.24, 2.45) is 5.10 Å². The van der Waals surface area contributed by atoms with Gasteiger partial charge in [0, 0.05) is 31.2 Å². The largest absolute Gasteiger partial charge is 0.507 e. The zero-order valence-electron chi connectivity index (χ0n) is 14.9. The minimum atomic E-state index is -0.386. The maximum Gasteiger partial charge on any atom is 0.271 e. The van der Waals surface area contributed by atoms with Gasteiger partial charge in [0.05, 0.1) is 6.21 Å². The van der Waals surface area contributed by atoms with Gasteiger partial charge >= 0.3 is 0 Å². The minimum absolute atomic E-state index is 0.0634. The first kappa shape index (κ1) is 21.2. The molecule has 148 valence electrons. The Bertz CT molecular complexity index is 1060. The number of halogens is 3. The summed E-state index contributed by atoms with van der Waals surface area (Å²) in [6, 6.07) is 16.7. The minimum Gasteiger partial charge on any atom is -0.507 e. The Morgan fingerprint density at radius 3 is 2.59 bits per heavy atom. The lowest BCUT2D eigenvalue weighted by Gasteiger charge is -2.08. The molecule has 0 radical (unpaired) electrons. The number of carbonyl (C=O) groups is 1. The first-order valence-corrected chi connectivity index (χ1v) is 9.96. The second kappa shape index (κ2) is 9.78. The van der Waals surface area contributed by atoms with Crippen molar-refractivity contribution < 1.29 is 14.6 Å². The number of aromatic hydroxyl groups is 1. The molecule has 5 nitrogen and oxygen atoms in total. The highest BCUT2D eigenvalue weighted by atomic mass is 79.9. The summed E-state index contributed by atoms with van der Waals surface area (Å²) in [6.07, 6.45) is 1.37.